The molecule has 1 nitrogen and oxygen atoms in total. The highest BCUT2D eigenvalue weighted by atomic mass is 19.4. The van der Waals surface area contributed by atoms with Crippen molar-refractivity contribution in [3.05, 3.63) is 0 Å². The van der Waals surface area contributed by atoms with Gasteiger partial charge in [-0.3, -0.25) is 0 Å². The molecule has 0 rings (SSSR count). The van der Waals surface area contributed by atoms with Gasteiger partial charge >= 0.3 is 6.18 Å². The Morgan fingerprint density at radius 2 is 1.38 bits per heavy atom. The van der Waals surface area contributed by atoms with Crippen molar-refractivity contribution in [3.63, 3.8) is 0 Å². The van der Waals surface area contributed by atoms with Crippen molar-refractivity contribution >= 4 is 0 Å². The summed E-state index contributed by atoms with van der Waals surface area (Å²) in [5, 5.41) is 8.14. The number of hydrogen-bond donors (Lipinski definition) is 1. The predicted octanol–water partition coefficient (Wildman–Crippen LogP) is 4.79. The molecule has 0 bridgehead atoms. The standard InChI is InChI=1S/C5H9F3.C4H10O.C3H8/c1-2-3-4-5(6,7)8;1-4(2)3-5;1-3-2/h2-4H2,1H3;4-5H,3H2,1-2H3;3H2,1-2H3. The van der Waals surface area contributed by atoms with Gasteiger partial charge < -0.3 is 5.11 Å². The highest BCUT2D eigenvalue weighted by molar-refractivity contribution is 4.47. The SMILES string of the molecule is CC(C)CO.CCC.CCCCC(F)(F)F. The monoisotopic (exact) mass is 244 g/mol. The van der Waals surface area contributed by atoms with E-state index in [1.54, 1.807) is 6.92 Å². The smallest absolute Gasteiger partial charge is 0.389 e. The van der Waals surface area contributed by atoms with E-state index in [4.69, 9.17) is 5.11 Å². The molecule has 0 aliphatic rings. The number of unbranched alkanes of at least 4 members (excludes halogenated alkanes) is 1. The molecule has 0 unspecified atom stereocenters. The van der Waals surface area contributed by atoms with Crippen LogP contribution in [-0.4, -0.2) is 17.9 Å². The topological polar surface area (TPSA) is 20.2 Å². The van der Waals surface area contributed by atoms with Gasteiger partial charge in [0.1, 0.15) is 0 Å². The number of aliphatic hydroxyl groups excluding tert-OH is 1. The Labute approximate surface area is 98.1 Å². The van der Waals surface area contributed by atoms with Crippen molar-refractivity contribution in [1.29, 1.82) is 0 Å². The molecule has 0 fully saturated rings. The van der Waals surface area contributed by atoms with Crippen LogP contribution in [-0.2, 0) is 0 Å². The molecule has 0 spiro atoms. The predicted molar refractivity (Wildman–Crippen MR) is 63.5 cm³/mol. The van der Waals surface area contributed by atoms with E-state index in [1.165, 1.54) is 6.42 Å². The molecule has 0 saturated heterocycles. The lowest BCUT2D eigenvalue weighted by atomic mass is 10.2. The number of aliphatic hydroxyl groups is 1. The summed E-state index contributed by atoms with van der Waals surface area (Å²) in [5.41, 5.74) is 0. The van der Waals surface area contributed by atoms with Crippen LogP contribution in [0.4, 0.5) is 13.2 Å². The molecular weight excluding hydrogens is 217 g/mol. The van der Waals surface area contributed by atoms with Crippen LogP contribution in [0.15, 0.2) is 0 Å². The first-order valence-corrected chi connectivity index (χ1v) is 5.92. The second kappa shape index (κ2) is 14.8. The van der Waals surface area contributed by atoms with Gasteiger partial charge in [-0.15, -0.1) is 0 Å². The second-order valence-corrected chi connectivity index (χ2v) is 4.00. The Hall–Kier alpha value is -0.250. The van der Waals surface area contributed by atoms with Crippen LogP contribution < -0.4 is 0 Å². The van der Waals surface area contributed by atoms with Crippen LogP contribution in [0, 0.1) is 5.92 Å². The number of halogens is 3. The van der Waals surface area contributed by atoms with E-state index in [-0.39, 0.29) is 6.42 Å². The van der Waals surface area contributed by atoms with Gasteiger partial charge in [-0.05, 0) is 12.3 Å². The summed E-state index contributed by atoms with van der Waals surface area (Å²) in [6.45, 7) is 10.2. The van der Waals surface area contributed by atoms with Crippen LogP contribution in [0.25, 0.3) is 0 Å². The van der Waals surface area contributed by atoms with Gasteiger partial charge in [0.25, 0.3) is 0 Å². The first kappa shape index (κ1) is 21.1. The van der Waals surface area contributed by atoms with Gasteiger partial charge in [-0.1, -0.05) is 47.5 Å². The minimum absolute atomic E-state index is 0.253. The fourth-order valence-corrected chi connectivity index (χ4v) is 0.377. The van der Waals surface area contributed by atoms with E-state index in [0.717, 1.165) is 0 Å². The van der Waals surface area contributed by atoms with Crippen molar-refractivity contribution in [3.8, 4) is 0 Å². The molecule has 0 atom stereocenters. The first-order valence-electron chi connectivity index (χ1n) is 5.92. The number of alkyl halides is 3. The van der Waals surface area contributed by atoms with Crippen molar-refractivity contribution in [2.75, 3.05) is 6.61 Å². The summed E-state index contributed by atoms with van der Waals surface area (Å²) in [7, 11) is 0. The lowest BCUT2D eigenvalue weighted by Gasteiger charge is -2.02. The summed E-state index contributed by atoms with van der Waals surface area (Å²) < 4.78 is 33.7. The third-order valence-corrected chi connectivity index (χ3v) is 1.18. The first-order chi connectivity index (χ1) is 7.24. The molecule has 0 saturated carbocycles. The maximum atomic E-state index is 11.2. The largest absolute Gasteiger partial charge is 0.396 e. The highest BCUT2D eigenvalue weighted by Gasteiger charge is 2.25. The second-order valence-electron chi connectivity index (χ2n) is 4.00. The van der Waals surface area contributed by atoms with E-state index >= 15 is 0 Å². The van der Waals surface area contributed by atoms with Crippen LogP contribution in [0.1, 0.15) is 60.3 Å². The Bertz CT molecular complexity index is 111. The minimum atomic E-state index is -3.95. The molecule has 0 aliphatic heterocycles. The zero-order valence-electron chi connectivity index (χ0n) is 11.2. The van der Waals surface area contributed by atoms with Crippen molar-refractivity contribution in [1.82, 2.24) is 0 Å². The minimum Gasteiger partial charge on any atom is -0.396 e. The average Bonchev–Trinajstić information content (AvgIpc) is 2.16. The Morgan fingerprint density at radius 1 is 1.06 bits per heavy atom. The number of hydrogen-bond acceptors (Lipinski definition) is 1. The van der Waals surface area contributed by atoms with Gasteiger partial charge in [0.2, 0.25) is 0 Å². The summed E-state index contributed by atoms with van der Waals surface area (Å²) >= 11 is 0. The van der Waals surface area contributed by atoms with Crippen molar-refractivity contribution in [2.24, 2.45) is 5.92 Å². The molecule has 16 heavy (non-hydrogen) atoms. The Balaban J connectivity index is -0.000000181. The summed E-state index contributed by atoms with van der Waals surface area (Å²) in [5.74, 6) is 0.440. The maximum absolute atomic E-state index is 11.2. The zero-order valence-corrected chi connectivity index (χ0v) is 11.2. The third kappa shape index (κ3) is 49.1. The van der Waals surface area contributed by atoms with Crippen LogP contribution >= 0.6 is 0 Å². The molecule has 0 aromatic carbocycles. The highest BCUT2D eigenvalue weighted by Crippen LogP contribution is 2.21. The lowest BCUT2D eigenvalue weighted by molar-refractivity contribution is -0.135. The molecule has 4 heteroatoms. The molecule has 0 aliphatic carbocycles. The fraction of sp³-hybridized carbons (Fsp3) is 1.00. The zero-order chi connectivity index (χ0) is 13.6. The summed E-state index contributed by atoms with van der Waals surface area (Å²) in [6, 6.07) is 0. The molecule has 0 radical (unpaired) electrons. The van der Waals surface area contributed by atoms with Crippen molar-refractivity contribution in [2.45, 2.75) is 66.5 Å². The number of rotatable bonds is 3. The summed E-state index contributed by atoms with van der Waals surface area (Å²) in [6.07, 6.45) is -2.47. The van der Waals surface area contributed by atoms with Gasteiger partial charge in [-0.25, -0.2) is 0 Å². The van der Waals surface area contributed by atoms with Crippen LogP contribution in [0.3, 0.4) is 0 Å². The van der Waals surface area contributed by atoms with E-state index in [9.17, 15) is 13.2 Å². The molecule has 0 amide bonds. The average molecular weight is 244 g/mol. The quantitative estimate of drug-likeness (QED) is 0.756. The molecule has 102 valence electrons. The fourth-order valence-electron chi connectivity index (χ4n) is 0.377. The molecule has 0 aromatic heterocycles. The lowest BCUT2D eigenvalue weighted by Crippen LogP contribution is -2.05. The van der Waals surface area contributed by atoms with Gasteiger partial charge in [0, 0.05) is 13.0 Å². The van der Waals surface area contributed by atoms with Gasteiger partial charge in [0.05, 0.1) is 0 Å². The van der Waals surface area contributed by atoms with Crippen molar-refractivity contribution < 1.29 is 18.3 Å². The molecule has 0 heterocycles. The van der Waals surface area contributed by atoms with Gasteiger partial charge in [-0.2, -0.15) is 13.2 Å². The normalized spacial score (nSPS) is 10.1. The van der Waals surface area contributed by atoms with Crippen LogP contribution in [0.5, 0.6) is 0 Å². The van der Waals surface area contributed by atoms with E-state index in [1.807, 2.05) is 13.8 Å². The maximum Gasteiger partial charge on any atom is 0.389 e. The van der Waals surface area contributed by atoms with E-state index in [0.29, 0.717) is 18.9 Å². The molecule has 1 N–H and O–H groups in total. The molecular formula is C12H27F3O. The molecule has 0 aromatic rings. The Morgan fingerprint density at radius 3 is 1.44 bits per heavy atom. The summed E-state index contributed by atoms with van der Waals surface area (Å²) in [4.78, 5) is 0. The van der Waals surface area contributed by atoms with Crippen LogP contribution in [0.2, 0.25) is 0 Å². The van der Waals surface area contributed by atoms with E-state index in [2.05, 4.69) is 13.8 Å². The van der Waals surface area contributed by atoms with Gasteiger partial charge in [0.15, 0.2) is 0 Å². The Kier molecular flexibility index (Phi) is 19.4. The third-order valence-electron chi connectivity index (χ3n) is 1.18. The van der Waals surface area contributed by atoms with E-state index < -0.39 is 12.6 Å².